The molecule has 0 spiro atoms. The van der Waals surface area contributed by atoms with Gasteiger partial charge in [0.1, 0.15) is 4.87 Å². The Labute approximate surface area is 74.4 Å². The lowest BCUT2D eigenvalue weighted by molar-refractivity contribution is -0.124. The van der Waals surface area contributed by atoms with Gasteiger partial charge in [-0.05, 0) is 27.4 Å². The van der Waals surface area contributed by atoms with Crippen molar-refractivity contribution < 1.29 is 4.79 Å². The van der Waals surface area contributed by atoms with Crippen LogP contribution in [-0.2, 0) is 4.79 Å². The summed E-state index contributed by atoms with van der Waals surface area (Å²) in [7, 11) is 3.72. The number of thiol groups is 1. The van der Waals surface area contributed by atoms with Crippen LogP contribution in [0.15, 0.2) is 0 Å². The second-order valence-corrected chi connectivity index (χ2v) is 3.96. The number of carbonyl (C=O) groups is 1. The van der Waals surface area contributed by atoms with Crippen molar-refractivity contribution in [3.63, 3.8) is 0 Å². The van der Waals surface area contributed by atoms with Gasteiger partial charge in [0.2, 0.25) is 0 Å². The summed E-state index contributed by atoms with van der Waals surface area (Å²) >= 11 is 4.29. The molecule has 1 atom stereocenters. The van der Waals surface area contributed by atoms with Crippen molar-refractivity contribution in [3.05, 3.63) is 0 Å². The Kier molecular flexibility index (Phi) is 4.11. The average molecular weight is 175 g/mol. The number of hydrogen-bond donors (Lipinski definition) is 1. The molecule has 3 heteroatoms. The van der Waals surface area contributed by atoms with E-state index in [9.17, 15) is 4.79 Å². The van der Waals surface area contributed by atoms with Crippen molar-refractivity contribution in [2.45, 2.75) is 31.6 Å². The highest BCUT2D eigenvalue weighted by atomic mass is 32.1. The molecule has 2 nitrogen and oxygen atoms in total. The highest BCUT2D eigenvalue weighted by Crippen LogP contribution is 2.19. The van der Waals surface area contributed by atoms with Gasteiger partial charge < -0.3 is 0 Å². The normalized spacial score (nSPS) is 16.5. The highest BCUT2D eigenvalue weighted by Gasteiger charge is 2.29. The highest BCUT2D eigenvalue weighted by molar-refractivity contribution is 7.82. The fourth-order valence-electron chi connectivity index (χ4n) is 0.713. The van der Waals surface area contributed by atoms with Crippen LogP contribution in [0.2, 0.25) is 0 Å². The van der Waals surface area contributed by atoms with Gasteiger partial charge in [0, 0.05) is 6.42 Å². The maximum Gasteiger partial charge on any atom is 0.162 e. The number of Topliss-reactive ketones (excluding diaryl/α,β-unsaturated/α-hetero) is 1. The lowest BCUT2D eigenvalue weighted by Gasteiger charge is -2.29. The number of nitrogens with zero attached hydrogens (tertiary/aromatic N) is 1. The van der Waals surface area contributed by atoms with Gasteiger partial charge in [-0.3, -0.25) is 9.69 Å². The van der Waals surface area contributed by atoms with Crippen molar-refractivity contribution >= 4 is 18.4 Å². The molecule has 0 rings (SSSR count). The smallest absolute Gasteiger partial charge is 0.162 e. The Morgan fingerprint density at radius 1 is 1.55 bits per heavy atom. The van der Waals surface area contributed by atoms with Crippen molar-refractivity contribution in [3.8, 4) is 0 Å². The Bertz CT molecular complexity index is 143. The first-order valence-corrected chi connectivity index (χ1v) is 4.30. The number of hydrogen-bond acceptors (Lipinski definition) is 3. The first kappa shape index (κ1) is 11.0. The van der Waals surface area contributed by atoms with Crippen molar-refractivity contribution in [1.82, 2.24) is 4.90 Å². The lowest BCUT2D eigenvalue weighted by Crippen LogP contribution is -2.43. The van der Waals surface area contributed by atoms with Crippen LogP contribution in [0.4, 0.5) is 0 Å². The third-order valence-corrected chi connectivity index (χ3v) is 2.53. The Morgan fingerprint density at radius 2 is 2.00 bits per heavy atom. The molecule has 0 aliphatic rings. The molecule has 0 saturated heterocycles. The molecule has 0 aromatic rings. The van der Waals surface area contributed by atoms with Gasteiger partial charge in [-0.15, -0.1) is 12.6 Å². The summed E-state index contributed by atoms with van der Waals surface area (Å²) in [5.41, 5.74) is 0. The van der Waals surface area contributed by atoms with Crippen LogP contribution in [0.1, 0.15) is 26.7 Å². The summed E-state index contributed by atoms with van der Waals surface area (Å²) in [6.07, 6.45) is 1.50. The molecule has 1 unspecified atom stereocenters. The first-order valence-electron chi connectivity index (χ1n) is 3.86. The van der Waals surface area contributed by atoms with Crippen molar-refractivity contribution in [2.24, 2.45) is 0 Å². The molecule has 0 fully saturated rings. The van der Waals surface area contributed by atoms with Gasteiger partial charge in [-0.25, -0.2) is 0 Å². The molecule has 0 N–H and O–H groups in total. The fraction of sp³-hybridized carbons (Fsp3) is 0.875. The Morgan fingerprint density at radius 3 is 2.27 bits per heavy atom. The van der Waals surface area contributed by atoms with Gasteiger partial charge in [0.05, 0.1) is 0 Å². The van der Waals surface area contributed by atoms with Crippen LogP contribution < -0.4 is 0 Å². The zero-order valence-corrected chi connectivity index (χ0v) is 8.61. The molecule has 0 saturated carbocycles. The largest absolute Gasteiger partial charge is 0.297 e. The van der Waals surface area contributed by atoms with Crippen LogP contribution in [0.3, 0.4) is 0 Å². The molecule has 66 valence electrons. The predicted octanol–water partition coefficient (Wildman–Crippen LogP) is 1.56. The molecule has 0 heterocycles. The lowest BCUT2D eigenvalue weighted by atomic mass is 10.1. The van der Waals surface area contributed by atoms with E-state index in [4.69, 9.17) is 0 Å². The van der Waals surface area contributed by atoms with Crippen LogP contribution in [-0.4, -0.2) is 29.6 Å². The van der Waals surface area contributed by atoms with Crippen LogP contribution >= 0.6 is 12.6 Å². The molecule has 0 aliphatic carbocycles. The summed E-state index contributed by atoms with van der Waals surface area (Å²) in [5.74, 6) is 0.188. The van der Waals surface area contributed by atoms with E-state index in [-0.39, 0.29) is 5.78 Å². The average Bonchev–Trinajstić information content (AvgIpc) is 1.88. The number of carbonyl (C=O) groups excluding carboxylic acids is 1. The molecule has 0 bridgehead atoms. The standard InChI is InChI=1S/C8H17NOS/c1-5-6-7(10)8(2,11)9(3)4/h11H,5-6H2,1-4H3. The number of ketones is 1. The first-order chi connectivity index (χ1) is 4.92. The van der Waals surface area contributed by atoms with E-state index < -0.39 is 4.87 Å². The maximum absolute atomic E-state index is 11.4. The molecular formula is C8H17NOS. The zero-order valence-electron chi connectivity index (χ0n) is 7.72. The van der Waals surface area contributed by atoms with E-state index in [1.165, 1.54) is 0 Å². The van der Waals surface area contributed by atoms with Gasteiger partial charge >= 0.3 is 0 Å². The van der Waals surface area contributed by atoms with Crippen molar-refractivity contribution in [2.75, 3.05) is 14.1 Å². The summed E-state index contributed by atoms with van der Waals surface area (Å²) in [6, 6.07) is 0. The molecule has 0 aromatic carbocycles. The predicted molar refractivity (Wildman–Crippen MR) is 51.0 cm³/mol. The Balaban J connectivity index is 4.18. The minimum Gasteiger partial charge on any atom is -0.297 e. The molecule has 0 aliphatic heterocycles. The van der Waals surface area contributed by atoms with E-state index in [2.05, 4.69) is 12.6 Å². The summed E-state index contributed by atoms with van der Waals surface area (Å²) in [6.45, 7) is 3.82. The SMILES string of the molecule is CCCC(=O)C(C)(S)N(C)C. The number of likely N-dealkylation sites (N-methyl/N-ethyl adjacent to an activating group) is 1. The van der Waals surface area contributed by atoms with Gasteiger partial charge in [0.25, 0.3) is 0 Å². The third kappa shape index (κ3) is 2.83. The van der Waals surface area contributed by atoms with E-state index in [0.717, 1.165) is 6.42 Å². The second kappa shape index (κ2) is 4.12. The van der Waals surface area contributed by atoms with Crippen LogP contribution in [0, 0.1) is 0 Å². The minimum absolute atomic E-state index is 0.188. The summed E-state index contributed by atoms with van der Waals surface area (Å²) in [4.78, 5) is 12.6. The monoisotopic (exact) mass is 175 g/mol. The topological polar surface area (TPSA) is 20.3 Å². The van der Waals surface area contributed by atoms with E-state index in [0.29, 0.717) is 6.42 Å². The van der Waals surface area contributed by atoms with Gasteiger partial charge in [-0.1, -0.05) is 6.92 Å². The number of rotatable bonds is 4. The molecule has 0 amide bonds. The van der Waals surface area contributed by atoms with E-state index in [1.807, 2.05) is 32.8 Å². The molecule has 0 radical (unpaired) electrons. The van der Waals surface area contributed by atoms with E-state index in [1.54, 1.807) is 0 Å². The molecule has 0 aromatic heterocycles. The van der Waals surface area contributed by atoms with Crippen molar-refractivity contribution in [1.29, 1.82) is 0 Å². The minimum atomic E-state index is -0.601. The Hall–Kier alpha value is -0.0200. The summed E-state index contributed by atoms with van der Waals surface area (Å²) < 4.78 is 0. The second-order valence-electron chi connectivity index (χ2n) is 3.09. The quantitative estimate of drug-likeness (QED) is 0.517. The van der Waals surface area contributed by atoms with E-state index >= 15 is 0 Å². The summed E-state index contributed by atoms with van der Waals surface area (Å²) in [5, 5.41) is 0. The van der Waals surface area contributed by atoms with Gasteiger partial charge in [-0.2, -0.15) is 0 Å². The fourth-order valence-corrected chi connectivity index (χ4v) is 0.825. The van der Waals surface area contributed by atoms with Crippen LogP contribution in [0.5, 0.6) is 0 Å². The third-order valence-electron chi connectivity index (χ3n) is 1.88. The maximum atomic E-state index is 11.4. The zero-order chi connectivity index (χ0) is 9.07. The van der Waals surface area contributed by atoms with Crippen LogP contribution in [0.25, 0.3) is 0 Å². The molecule has 11 heavy (non-hydrogen) atoms. The van der Waals surface area contributed by atoms with Gasteiger partial charge in [0.15, 0.2) is 5.78 Å². The molecular weight excluding hydrogens is 158 g/mol.